The molecule has 0 aliphatic heterocycles. The van der Waals surface area contributed by atoms with Crippen LogP contribution in [-0.4, -0.2) is 22.5 Å². The fourth-order valence-electron chi connectivity index (χ4n) is 2.25. The molecule has 20 heavy (non-hydrogen) atoms. The first kappa shape index (κ1) is 15.3. The topological polar surface area (TPSA) is 56.7 Å². The summed E-state index contributed by atoms with van der Waals surface area (Å²) in [6.07, 6.45) is 7.72. The van der Waals surface area contributed by atoms with Gasteiger partial charge in [-0.3, -0.25) is 5.43 Å². The Labute approximate surface area is 132 Å². The summed E-state index contributed by atoms with van der Waals surface area (Å²) in [5.41, 5.74) is 3.42. The lowest BCUT2D eigenvalue weighted by molar-refractivity contribution is 0.412. The van der Waals surface area contributed by atoms with Crippen molar-refractivity contribution in [1.82, 2.24) is 10.7 Å². The molecule has 2 rings (SSSR count). The minimum Gasteiger partial charge on any atom is -0.507 e. The van der Waals surface area contributed by atoms with Crippen molar-refractivity contribution in [2.24, 2.45) is 5.10 Å². The van der Waals surface area contributed by atoms with Crippen molar-refractivity contribution in [3.05, 3.63) is 28.2 Å². The number of aromatic hydroxyl groups is 1. The summed E-state index contributed by atoms with van der Waals surface area (Å²) < 4.78 is 0.889. The Morgan fingerprint density at radius 1 is 1.35 bits per heavy atom. The third-order valence-corrected chi connectivity index (χ3v) is 4.00. The number of thiocarbonyl (C=S) groups is 1. The maximum absolute atomic E-state index is 9.67. The number of phenolic OH excluding ortho intramolecular Hbond substituents is 1. The minimum atomic E-state index is 0.185. The van der Waals surface area contributed by atoms with Crippen molar-refractivity contribution < 1.29 is 5.11 Å². The van der Waals surface area contributed by atoms with Crippen LogP contribution >= 0.6 is 28.1 Å². The van der Waals surface area contributed by atoms with Crippen molar-refractivity contribution >= 4 is 39.5 Å². The molecule has 0 amide bonds. The summed E-state index contributed by atoms with van der Waals surface area (Å²) in [7, 11) is 0. The van der Waals surface area contributed by atoms with Crippen LogP contribution < -0.4 is 10.7 Å². The van der Waals surface area contributed by atoms with Gasteiger partial charge in [-0.1, -0.05) is 35.2 Å². The molecule has 1 aromatic rings. The molecule has 1 aliphatic rings. The lowest BCUT2D eigenvalue weighted by atomic mass is 9.96. The van der Waals surface area contributed by atoms with Gasteiger partial charge in [-0.25, -0.2) is 0 Å². The molecule has 6 heteroatoms. The van der Waals surface area contributed by atoms with Crippen molar-refractivity contribution in [2.45, 2.75) is 38.1 Å². The molecule has 0 spiro atoms. The van der Waals surface area contributed by atoms with E-state index in [4.69, 9.17) is 12.2 Å². The van der Waals surface area contributed by atoms with E-state index in [1.165, 1.54) is 19.3 Å². The Bertz CT molecular complexity index is 501. The van der Waals surface area contributed by atoms with Gasteiger partial charge in [0.25, 0.3) is 0 Å². The summed E-state index contributed by atoms with van der Waals surface area (Å²) in [4.78, 5) is 0. The maximum atomic E-state index is 9.67. The Morgan fingerprint density at radius 2 is 2.10 bits per heavy atom. The molecule has 0 heterocycles. The first-order valence-corrected chi connectivity index (χ1v) is 7.93. The largest absolute Gasteiger partial charge is 0.507 e. The van der Waals surface area contributed by atoms with Crippen LogP contribution in [0.25, 0.3) is 0 Å². The van der Waals surface area contributed by atoms with E-state index < -0.39 is 0 Å². The van der Waals surface area contributed by atoms with Gasteiger partial charge < -0.3 is 10.4 Å². The van der Waals surface area contributed by atoms with Crippen LogP contribution in [0.4, 0.5) is 0 Å². The summed E-state index contributed by atoms with van der Waals surface area (Å²) in [6, 6.07) is 5.63. The second-order valence-electron chi connectivity index (χ2n) is 4.88. The zero-order valence-electron chi connectivity index (χ0n) is 11.1. The summed E-state index contributed by atoms with van der Waals surface area (Å²) in [5, 5.41) is 17.5. The van der Waals surface area contributed by atoms with E-state index in [1.807, 2.05) is 0 Å². The Hall–Kier alpha value is -1.14. The monoisotopic (exact) mass is 355 g/mol. The highest BCUT2D eigenvalue weighted by Crippen LogP contribution is 2.20. The number of nitrogens with zero attached hydrogens (tertiary/aromatic N) is 1. The SMILES string of the molecule is Oc1ccc(Br)cc1/C=N/NC(=S)NC1CCCCC1. The summed E-state index contributed by atoms with van der Waals surface area (Å²) in [6.45, 7) is 0. The highest BCUT2D eigenvalue weighted by atomic mass is 79.9. The number of halogens is 1. The van der Waals surface area contributed by atoms with E-state index in [0.29, 0.717) is 16.7 Å². The molecule has 0 aromatic heterocycles. The van der Waals surface area contributed by atoms with E-state index in [1.54, 1.807) is 24.4 Å². The van der Waals surface area contributed by atoms with E-state index in [2.05, 4.69) is 31.8 Å². The quantitative estimate of drug-likeness (QED) is 0.442. The van der Waals surface area contributed by atoms with Crippen LogP contribution in [0.5, 0.6) is 5.75 Å². The van der Waals surface area contributed by atoms with Crippen LogP contribution in [0.2, 0.25) is 0 Å². The second-order valence-corrected chi connectivity index (χ2v) is 6.21. The van der Waals surface area contributed by atoms with Gasteiger partial charge >= 0.3 is 0 Å². The molecule has 1 saturated carbocycles. The Balaban J connectivity index is 1.83. The van der Waals surface area contributed by atoms with Gasteiger partial charge in [0.05, 0.1) is 6.21 Å². The number of nitrogens with one attached hydrogen (secondary N) is 2. The standard InChI is InChI=1S/C14H18BrN3OS/c15-11-6-7-13(19)10(8-11)9-16-18-14(20)17-12-4-2-1-3-5-12/h6-9,12,19H,1-5H2,(H2,17,18,20)/b16-9+. The zero-order chi connectivity index (χ0) is 14.4. The van der Waals surface area contributed by atoms with Crippen molar-refractivity contribution in [3.63, 3.8) is 0 Å². The van der Waals surface area contributed by atoms with Gasteiger partial charge in [-0.2, -0.15) is 5.10 Å². The molecule has 0 bridgehead atoms. The average Bonchev–Trinajstić information content (AvgIpc) is 2.44. The molecule has 0 radical (unpaired) electrons. The van der Waals surface area contributed by atoms with E-state index in [9.17, 15) is 5.11 Å². The van der Waals surface area contributed by atoms with Crippen LogP contribution in [0.1, 0.15) is 37.7 Å². The molecule has 4 nitrogen and oxygen atoms in total. The highest BCUT2D eigenvalue weighted by molar-refractivity contribution is 9.10. The Kier molecular flexibility index (Phi) is 5.79. The molecule has 0 saturated heterocycles. The van der Waals surface area contributed by atoms with Gasteiger partial charge in [-0.05, 0) is 43.3 Å². The molecule has 0 unspecified atom stereocenters. The first-order valence-electron chi connectivity index (χ1n) is 6.73. The van der Waals surface area contributed by atoms with Crippen LogP contribution in [0.15, 0.2) is 27.8 Å². The predicted octanol–water partition coefficient (Wildman–Crippen LogP) is 3.29. The van der Waals surface area contributed by atoms with Gasteiger partial charge in [0.15, 0.2) is 5.11 Å². The Morgan fingerprint density at radius 3 is 2.85 bits per heavy atom. The number of hydrogen-bond donors (Lipinski definition) is 3. The van der Waals surface area contributed by atoms with Crippen LogP contribution in [0.3, 0.4) is 0 Å². The fourth-order valence-corrected chi connectivity index (χ4v) is 2.85. The van der Waals surface area contributed by atoms with Gasteiger partial charge in [-0.15, -0.1) is 0 Å². The minimum absolute atomic E-state index is 0.185. The number of benzene rings is 1. The van der Waals surface area contributed by atoms with Crippen molar-refractivity contribution in [1.29, 1.82) is 0 Å². The predicted molar refractivity (Wildman–Crippen MR) is 89.1 cm³/mol. The van der Waals surface area contributed by atoms with Crippen molar-refractivity contribution in [2.75, 3.05) is 0 Å². The molecule has 3 N–H and O–H groups in total. The number of hydrazone groups is 1. The lowest BCUT2D eigenvalue weighted by Gasteiger charge is -2.23. The van der Waals surface area contributed by atoms with Gasteiger partial charge in [0.2, 0.25) is 0 Å². The molecular formula is C14H18BrN3OS. The zero-order valence-corrected chi connectivity index (χ0v) is 13.5. The molecule has 1 aromatic carbocycles. The lowest BCUT2D eigenvalue weighted by Crippen LogP contribution is -2.40. The second kappa shape index (κ2) is 7.59. The first-order chi connectivity index (χ1) is 9.65. The van der Waals surface area contributed by atoms with Gasteiger partial charge in [0, 0.05) is 16.1 Å². The molecule has 0 atom stereocenters. The van der Waals surface area contributed by atoms with E-state index in [-0.39, 0.29) is 5.75 Å². The molecular weight excluding hydrogens is 338 g/mol. The van der Waals surface area contributed by atoms with Crippen LogP contribution in [0, 0.1) is 0 Å². The van der Waals surface area contributed by atoms with Gasteiger partial charge in [0.1, 0.15) is 5.75 Å². The fraction of sp³-hybridized carbons (Fsp3) is 0.429. The maximum Gasteiger partial charge on any atom is 0.187 e. The number of hydrogen-bond acceptors (Lipinski definition) is 3. The molecule has 1 aliphatic carbocycles. The van der Waals surface area contributed by atoms with Crippen molar-refractivity contribution in [3.8, 4) is 5.75 Å². The van der Waals surface area contributed by atoms with E-state index in [0.717, 1.165) is 17.3 Å². The third-order valence-electron chi connectivity index (χ3n) is 3.30. The molecule has 1 fully saturated rings. The normalized spacial score (nSPS) is 16.2. The number of rotatable bonds is 3. The smallest absolute Gasteiger partial charge is 0.187 e. The summed E-state index contributed by atoms with van der Waals surface area (Å²) >= 11 is 8.55. The van der Waals surface area contributed by atoms with Crippen LogP contribution in [-0.2, 0) is 0 Å². The highest BCUT2D eigenvalue weighted by Gasteiger charge is 2.13. The average molecular weight is 356 g/mol. The van der Waals surface area contributed by atoms with E-state index >= 15 is 0 Å². The third kappa shape index (κ3) is 4.76. The summed E-state index contributed by atoms with van der Waals surface area (Å²) in [5.74, 6) is 0.185. The molecule has 108 valence electrons. The number of phenols is 1.